The van der Waals surface area contributed by atoms with Crippen LogP contribution < -0.4 is 5.73 Å². The summed E-state index contributed by atoms with van der Waals surface area (Å²) >= 11 is 0. The fourth-order valence-corrected chi connectivity index (χ4v) is 1.21. The molecule has 0 atom stereocenters. The Morgan fingerprint density at radius 1 is 1.53 bits per heavy atom. The zero-order chi connectivity index (χ0) is 13.1. The molecule has 0 aliphatic carbocycles. The largest absolute Gasteiger partial charge is 0.466 e. The molecule has 0 aliphatic heterocycles. The van der Waals surface area contributed by atoms with Gasteiger partial charge in [-0.3, -0.25) is 9.78 Å². The average Bonchev–Trinajstić information content (AvgIpc) is 2.19. The number of ether oxygens (including phenoxy) is 1. The molecule has 7 heteroatoms. The van der Waals surface area contributed by atoms with Crippen molar-refractivity contribution in [3.63, 3.8) is 0 Å². The van der Waals surface area contributed by atoms with Crippen molar-refractivity contribution in [3.05, 3.63) is 23.5 Å². The van der Waals surface area contributed by atoms with E-state index in [0.29, 0.717) is 0 Å². The Morgan fingerprint density at radius 3 is 2.71 bits per heavy atom. The molecule has 0 radical (unpaired) electrons. The zero-order valence-corrected chi connectivity index (χ0v) is 9.04. The van der Waals surface area contributed by atoms with Crippen LogP contribution in [0.4, 0.5) is 18.9 Å². The summed E-state index contributed by atoms with van der Waals surface area (Å²) in [7, 11) is 0. The highest BCUT2D eigenvalue weighted by Gasteiger charge is 2.33. The summed E-state index contributed by atoms with van der Waals surface area (Å²) < 4.78 is 42.1. The van der Waals surface area contributed by atoms with Crippen LogP contribution in [-0.2, 0) is 22.1 Å². The van der Waals surface area contributed by atoms with Gasteiger partial charge in [0.25, 0.3) is 0 Å². The van der Waals surface area contributed by atoms with E-state index in [1.165, 1.54) is 0 Å². The van der Waals surface area contributed by atoms with E-state index < -0.39 is 23.4 Å². The molecule has 0 amide bonds. The minimum Gasteiger partial charge on any atom is -0.466 e. The van der Waals surface area contributed by atoms with Gasteiger partial charge in [-0.15, -0.1) is 0 Å². The summed E-state index contributed by atoms with van der Waals surface area (Å²) in [6.07, 6.45) is -3.98. The lowest BCUT2D eigenvalue weighted by Gasteiger charge is -2.10. The molecule has 2 N–H and O–H groups in total. The summed E-state index contributed by atoms with van der Waals surface area (Å²) in [5.74, 6) is -0.627. The van der Waals surface area contributed by atoms with Crippen molar-refractivity contribution in [2.24, 2.45) is 0 Å². The van der Waals surface area contributed by atoms with Crippen LogP contribution in [0.3, 0.4) is 0 Å². The zero-order valence-electron chi connectivity index (χ0n) is 9.04. The van der Waals surface area contributed by atoms with E-state index in [9.17, 15) is 18.0 Å². The number of esters is 1. The minimum absolute atomic E-state index is 0.0232. The molecule has 0 saturated heterocycles. The number of pyridine rings is 1. The monoisotopic (exact) mass is 248 g/mol. The average molecular weight is 248 g/mol. The lowest BCUT2D eigenvalue weighted by molar-refractivity contribution is -0.142. The van der Waals surface area contributed by atoms with E-state index in [4.69, 9.17) is 5.73 Å². The van der Waals surface area contributed by atoms with Crippen LogP contribution in [-0.4, -0.2) is 17.6 Å². The van der Waals surface area contributed by atoms with Gasteiger partial charge < -0.3 is 10.5 Å². The van der Waals surface area contributed by atoms with Gasteiger partial charge in [-0.2, -0.15) is 13.2 Å². The number of carbonyl (C=O) groups is 1. The second kappa shape index (κ2) is 5.03. The first-order valence-corrected chi connectivity index (χ1v) is 4.81. The highest BCUT2D eigenvalue weighted by atomic mass is 19.4. The van der Waals surface area contributed by atoms with Crippen LogP contribution in [0.15, 0.2) is 12.3 Å². The molecule has 1 heterocycles. The number of anilines is 1. The standard InChI is InChI=1S/C10H11F3N2O2/c1-2-17-9(16)4-6-3-7(10(11,12)13)8(14)5-15-6/h3,5H,2,4,14H2,1H3. The van der Waals surface area contributed by atoms with Crippen molar-refractivity contribution in [1.29, 1.82) is 0 Å². The third-order valence-electron chi connectivity index (χ3n) is 1.93. The van der Waals surface area contributed by atoms with Gasteiger partial charge >= 0.3 is 12.1 Å². The normalized spacial score (nSPS) is 11.3. The summed E-state index contributed by atoms with van der Waals surface area (Å²) in [4.78, 5) is 14.7. The fraction of sp³-hybridized carbons (Fsp3) is 0.400. The van der Waals surface area contributed by atoms with Crippen LogP contribution in [0.1, 0.15) is 18.2 Å². The van der Waals surface area contributed by atoms with E-state index >= 15 is 0 Å². The van der Waals surface area contributed by atoms with E-state index in [1.54, 1.807) is 6.92 Å². The Balaban J connectivity index is 2.93. The summed E-state index contributed by atoms with van der Waals surface area (Å²) in [5.41, 5.74) is 3.68. The maximum Gasteiger partial charge on any atom is 0.418 e. The predicted molar refractivity (Wildman–Crippen MR) is 54.0 cm³/mol. The SMILES string of the molecule is CCOC(=O)Cc1cc(C(F)(F)F)c(N)cn1. The number of carbonyl (C=O) groups excluding carboxylic acids is 1. The molecule has 1 aromatic rings. The third-order valence-corrected chi connectivity index (χ3v) is 1.93. The van der Waals surface area contributed by atoms with Gasteiger partial charge in [0.05, 0.1) is 36.2 Å². The van der Waals surface area contributed by atoms with Crippen molar-refractivity contribution >= 4 is 11.7 Å². The first kappa shape index (κ1) is 13.3. The number of nitrogens with two attached hydrogens (primary N) is 1. The number of aromatic nitrogens is 1. The minimum atomic E-state index is -4.56. The van der Waals surface area contributed by atoms with Crippen LogP contribution in [0.5, 0.6) is 0 Å². The predicted octanol–water partition coefficient (Wildman–Crippen LogP) is 1.79. The molecule has 0 fully saturated rings. The van der Waals surface area contributed by atoms with Gasteiger partial charge in [0.2, 0.25) is 0 Å². The summed E-state index contributed by atoms with van der Waals surface area (Å²) in [6.45, 7) is 1.77. The molecule has 94 valence electrons. The van der Waals surface area contributed by atoms with Crippen molar-refractivity contribution in [2.75, 3.05) is 12.3 Å². The molecular weight excluding hydrogens is 237 g/mol. The van der Waals surface area contributed by atoms with Gasteiger partial charge in [-0.05, 0) is 13.0 Å². The van der Waals surface area contributed by atoms with Gasteiger partial charge in [0, 0.05) is 0 Å². The Labute approximate surface area is 95.6 Å². The van der Waals surface area contributed by atoms with Gasteiger partial charge in [-0.25, -0.2) is 0 Å². The van der Waals surface area contributed by atoms with Crippen molar-refractivity contribution < 1.29 is 22.7 Å². The highest BCUT2D eigenvalue weighted by Crippen LogP contribution is 2.33. The maximum atomic E-state index is 12.5. The van der Waals surface area contributed by atoms with E-state index in [2.05, 4.69) is 9.72 Å². The molecule has 0 bridgehead atoms. The van der Waals surface area contributed by atoms with Crippen LogP contribution in [0, 0.1) is 0 Å². The molecule has 0 saturated carbocycles. The lowest BCUT2D eigenvalue weighted by Crippen LogP contribution is -2.13. The Morgan fingerprint density at radius 2 is 2.18 bits per heavy atom. The number of hydrogen-bond donors (Lipinski definition) is 1. The maximum absolute atomic E-state index is 12.5. The second-order valence-electron chi connectivity index (χ2n) is 3.24. The Kier molecular flexibility index (Phi) is 3.93. The number of alkyl halides is 3. The number of nitrogens with zero attached hydrogens (tertiary/aromatic N) is 1. The lowest BCUT2D eigenvalue weighted by atomic mass is 10.1. The smallest absolute Gasteiger partial charge is 0.418 e. The number of halogens is 3. The molecule has 4 nitrogen and oxygen atoms in total. The van der Waals surface area contributed by atoms with Gasteiger partial charge in [0.1, 0.15) is 0 Å². The number of rotatable bonds is 3. The number of hydrogen-bond acceptors (Lipinski definition) is 4. The third kappa shape index (κ3) is 3.61. The van der Waals surface area contributed by atoms with E-state index in [0.717, 1.165) is 12.3 Å². The van der Waals surface area contributed by atoms with Crippen LogP contribution in [0.25, 0.3) is 0 Å². The van der Waals surface area contributed by atoms with Gasteiger partial charge in [0.15, 0.2) is 0 Å². The number of nitrogen functional groups attached to an aromatic ring is 1. The van der Waals surface area contributed by atoms with Gasteiger partial charge in [-0.1, -0.05) is 0 Å². The molecule has 1 aromatic heterocycles. The summed E-state index contributed by atoms with van der Waals surface area (Å²) in [6, 6.07) is 0.756. The summed E-state index contributed by atoms with van der Waals surface area (Å²) in [5, 5.41) is 0. The van der Waals surface area contributed by atoms with Crippen molar-refractivity contribution in [1.82, 2.24) is 4.98 Å². The molecule has 0 unspecified atom stereocenters. The van der Waals surface area contributed by atoms with Crippen LogP contribution >= 0.6 is 0 Å². The van der Waals surface area contributed by atoms with E-state index in [-0.39, 0.29) is 18.7 Å². The van der Waals surface area contributed by atoms with E-state index in [1.807, 2.05) is 0 Å². The molecule has 0 aliphatic rings. The molecule has 17 heavy (non-hydrogen) atoms. The fourth-order valence-electron chi connectivity index (χ4n) is 1.21. The van der Waals surface area contributed by atoms with Crippen molar-refractivity contribution in [2.45, 2.75) is 19.5 Å². The van der Waals surface area contributed by atoms with Crippen LogP contribution in [0.2, 0.25) is 0 Å². The molecule has 0 aromatic carbocycles. The second-order valence-corrected chi connectivity index (χ2v) is 3.24. The highest BCUT2D eigenvalue weighted by molar-refractivity contribution is 5.72. The first-order valence-electron chi connectivity index (χ1n) is 4.81. The Bertz CT molecular complexity index is 419. The molecule has 0 spiro atoms. The van der Waals surface area contributed by atoms with Crippen molar-refractivity contribution in [3.8, 4) is 0 Å². The molecular formula is C10H11F3N2O2. The topological polar surface area (TPSA) is 65.2 Å². The quantitative estimate of drug-likeness (QED) is 0.828. The molecule has 1 rings (SSSR count). The Hall–Kier alpha value is -1.79. The first-order chi connectivity index (χ1) is 7.84.